The minimum absolute atomic E-state index is 0.132. The van der Waals surface area contributed by atoms with Crippen molar-refractivity contribution in [1.82, 2.24) is 4.90 Å². The molecule has 30 heavy (non-hydrogen) atoms. The van der Waals surface area contributed by atoms with Crippen LogP contribution < -0.4 is 10.1 Å². The van der Waals surface area contributed by atoms with Crippen molar-refractivity contribution in [3.63, 3.8) is 0 Å². The van der Waals surface area contributed by atoms with Crippen LogP contribution in [-0.4, -0.2) is 41.7 Å². The fourth-order valence-electron chi connectivity index (χ4n) is 3.58. The average Bonchev–Trinajstić information content (AvgIpc) is 2.81. The monoisotopic (exact) mass is 400 g/mol. The molecule has 0 aromatic heterocycles. The number of ether oxygens (including phenoxy) is 1. The van der Waals surface area contributed by atoms with Gasteiger partial charge in [-0.15, -0.1) is 0 Å². The van der Waals surface area contributed by atoms with Crippen LogP contribution in [0.4, 0.5) is 5.69 Å². The Balaban J connectivity index is 1.67. The maximum atomic E-state index is 13.2. The number of nitrogens with zero attached hydrogens (tertiary/aromatic N) is 1. The summed E-state index contributed by atoms with van der Waals surface area (Å²) in [5, 5.41) is 14.2. The Morgan fingerprint density at radius 1 is 0.967 bits per heavy atom. The van der Waals surface area contributed by atoms with Crippen LogP contribution in [0.3, 0.4) is 0 Å². The van der Waals surface area contributed by atoms with Crippen LogP contribution in [0, 0.1) is 0 Å². The molecule has 1 heterocycles. The van der Waals surface area contributed by atoms with Crippen LogP contribution in [0.25, 0.3) is 5.70 Å². The Hall–Kier alpha value is -3.57. The minimum Gasteiger partial charge on any atom is -0.497 e. The number of benzene rings is 3. The summed E-state index contributed by atoms with van der Waals surface area (Å²) in [5.41, 5.74) is 3.16. The summed E-state index contributed by atoms with van der Waals surface area (Å²) in [6.07, 6.45) is 1.17. The molecule has 0 unspecified atom stereocenters. The van der Waals surface area contributed by atoms with Crippen molar-refractivity contribution < 1.29 is 14.6 Å². The van der Waals surface area contributed by atoms with E-state index in [1.807, 2.05) is 78.9 Å². The molecule has 0 bridgehead atoms. The van der Waals surface area contributed by atoms with Crippen molar-refractivity contribution in [3.05, 3.63) is 102 Å². The van der Waals surface area contributed by atoms with Gasteiger partial charge in [0.05, 0.1) is 25.8 Å². The van der Waals surface area contributed by atoms with Crippen molar-refractivity contribution in [1.29, 1.82) is 0 Å². The molecule has 0 aliphatic carbocycles. The lowest BCUT2D eigenvalue weighted by atomic mass is 9.98. The van der Waals surface area contributed by atoms with Crippen molar-refractivity contribution in [2.75, 3.05) is 19.0 Å². The number of rotatable bonds is 5. The number of anilines is 1. The van der Waals surface area contributed by atoms with Gasteiger partial charge in [-0.2, -0.15) is 0 Å². The second-order valence-corrected chi connectivity index (χ2v) is 7.17. The van der Waals surface area contributed by atoms with E-state index in [-0.39, 0.29) is 18.5 Å². The summed E-state index contributed by atoms with van der Waals surface area (Å²) in [4.78, 5) is 14.9. The van der Waals surface area contributed by atoms with Crippen LogP contribution in [0.5, 0.6) is 5.75 Å². The number of hydrogen-bond donors (Lipinski definition) is 2. The summed E-state index contributed by atoms with van der Waals surface area (Å²) in [7, 11) is 1.63. The van der Waals surface area contributed by atoms with Crippen molar-refractivity contribution in [2.24, 2.45) is 0 Å². The molecule has 0 saturated carbocycles. The predicted molar refractivity (Wildman–Crippen MR) is 118 cm³/mol. The first-order chi connectivity index (χ1) is 14.7. The highest BCUT2D eigenvalue weighted by atomic mass is 16.5. The zero-order valence-electron chi connectivity index (χ0n) is 16.7. The van der Waals surface area contributed by atoms with Gasteiger partial charge in [0.2, 0.25) is 0 Å². The standard InChI is InChI=1S/C25H24N2O3/c1-30-21-14-12-20(13-15-21)26-22-16-23(18-8-4-2-5-9-18)27(17-24(22)28)25(29)19-10-6-3-7-11-19/h2-16,22,24,26,28H,17H2,1H3/t22-,24-/m0/s1. The fourth-order valence-corrected chi connectivity index (χ4v) is 3.58. The molecule has 5 heteroatoms. The number of hydrogen-bond acceptors (Lipinski definition) is 4. The minimum atomic E-state index is -0.757. The average molecular weight is 400 g/mol. The van der Waals surface area contributed by atoms with Crippen LogP contribution in [0.15, 0.2) is 91.0 Å². The maximum absolute atomic E-state index is 13.2. The van der Waals surface area contributed by atoms with E-state index >= 15 is 0 Å². The van der Waals surface area contributed by atoms with Gasteiger partial charge in [0.15, 0.2) is 0 Å². The molecule has 2 atom stereocenters. The molecule has 152 valence electrons. The third kappa shape index (κ3) is 4.21. The molecule has 0 fully saturated rings. The quantitative estimate of drug-likeness (QED) is 0.679. The number of aliphatic hydroxyl groups excluding tert-OH is 1. The largest absolute Gasteiger partial charge is 0.497 e. The highest BCUT2D eigenvalue weighted by Crippen LogP contribution is 2.29. The van der Waals surface area contributed by atoms with Crippen LogP contribution in [0.2, 0.25) is 0 Å². The molecule has 1 aliphatic rings. The molecule has 0 saturated heterocycles. The zero-order valence-corrected chi connectivity index (χ0v) is 16.7. The fraction of sp³-hybridized carbons (Fsp3) is 0.160. The van der Waals surface area contributed by atoms with Crippen LogP contribution in [-0.2, 0) is 0 Å². The third-order valence-electron chi connectivity index (χ3n) is 5.17. The van der Waals surface area contributed by atoms with E-state index in [4.69, 9.17) is 4.74 Å². The number of β-amino-alcohol motifs (C(OH)–C–C–N with tert-alkyl or cyclic N) is 1. The molecule has 2 N–H and O–H groups in total. The van der Waals surface area contributed by atoms with Gasteiger partial charge in [-0.3, -0.25) is 4.79 Å². The number of nitrogens with one attached hydrogen (secondary N) is 1. The Morgan fingerprint density at radius 2 is 1.60 bits per heavy atom. The summed E-state index contributed by atoms with van der Waals surface area (Å²) < 4.78 is 5.20. The lowest BCUT2D eigenvalue weighted by molar-refractivity contribution is 0.0708. The first kappa shape index (κ1) is 19.7. The van der Waals surface area contributed by atoms with E-state index in [1.165, 1.54) is 0 Å². The molecule has 0 radical (unpaired) electrons. The van der Waals surface area contributed by atoms with Gasteiger partial charge in [-0.1, -0.05) is 48.5 Å². The molecule has 4 rings (SSSR count). The number of carbonyl (C=O) groups excluding carboxylic acids is 1. The topological polar surface area (TPSA) is 61.8 Å². The number of amides is 1. The molecule has 3 aromatic carbocycles. The second-order valence-electron chi connectivity index (χ2n) is 7.17. The Bertz CT molecular complexity index is 1020. The summed E-state index contributed by atoms with van der Waals surface area (Å²) in [6.45, 7) is 0.197. The zero-order chi connectivity index (χ0) is 20.9. The van der Waals surface area contributed by atoms with Crippen LogP contribution in [0.1, 0.15) is 15.9 Å². The Morgan fingerprint density at radius 3 is 2.23 bits per heavy atom. The van der Waals surface area contributed by atoms with Crippen LogP contribution >= 0.6 is 0 Å². The van der Waals surface area contributed by atoms with Crippen molar-refractivity contribution in [3.8, 4) is 5.75 Å². The van der Waals surface area contributed by atoms with Gasteiger partial charge >= 0.3 is 0 Å². The maximum Gasteiger partial charge on any atom is 0.258 e. The van der Waals surface area contributed by atoms with E-state index in [0.717, 1.165) is 22.7 Å². The van der Waals surface area contributed by atoms with Gasteiger partial charge in [-0.05, 0) is 48.0 Å². The highest BCUT2D eigenvalue weighted by Gasteiger charge is 2.32. The van der Waals surface area contributed by atoms with E-state index in [1.54, 1.807) is 24.1 Å². The summed E-state index contributed by atoms with van der Waals surface area (Å²) in [5.74, 6) is 0.637. The second kappa shape index (κ2) is 8.84. The number of carbonyl (C=O) groups is 1. The van der Waals surface area contributed by atoms with Gasteiger partial charge in [0, 0.05) is 16.9 Å². The first-order valence-electron chi connectivity index (χ1n) is 9.88. The normalized spacial score (nSPS) is 18.5. The molecular weight excluding hydrogens is 376 g/mol. The highest BCUT2D eigenvalue weighted by molar-refractivity contribution is 6.00. The van der Waals surface area contributed by atoms with E-state index in [9.17, 15) is 9.90 Å². The van der Waals surface area contributed by atoms with Gasteiger partial charge in [0.1, 0.15) is 5.75 Å². The van der Waals surface area contributed by atoms with Crippen molar-refractivity contribution >= 4 is 17.3 Å². The predicted octanol–water partition coefficient (Wildman–Crippen LogP) is 4.03. The van der Waals surface area contributed by atoms with Gasteiger partial charge < -0.3 is 20.1 Å². The van der Waals surface area contributed by atoms with Crippen molar-refractivity contribution in [2.45, 2.75) is 12.1 Å². The molecular formula is C25H24N2O3. The smallest absolute Gasteiger partial charge is 0.258 e. The van der Waals surface area contributed by atoms with Gasteiger partial charge in [-0.25, -0.2) is 0 Å². The Labute approximate surface area is 176 Å². The number of aliphatic hydroxyl groups is 1. The SMILES string of the molecule is COc1ccc(N[C@H]2C=C(c3ccccc3)N(C(=O)c3ccccc3)C[C@@H]2O)cc1. The van der Waals surface area contributed by atoms with Gasteiger partial charge in [0.25, 0.3) is 5.91 Å². The molecule has 3 aromatic rings. The molecule has 1 amide bonds. The first-order valence-corrected chi connectivity index (χ1v) is 9.88. The van der Waals surface area contributed by atoms with E-state index < -0.39 is 6.10 Å². The van der Waals surface area contributed by atoms with E-state index in [2.05, 4.69) is 5.32 Å². The summed E-state index contributed by atoms with van der Waals surface area (Å²) >= 11 is 0. The molecule has 5 nitrogen and oxygen atoms in total. The summed E-state index contributed by atoms with van der Waals surface area (Å²) in [6, 6.07) is 26.1. The molecule has 1 aliphatic heterocycles. The molecule has 0 spiro atoms. The lowest BCUT2D eigenvalue weighted by Gasteiger charge is -2.36. The third-order valence-corrected chi connectivity index (χ3v) is 5.17. The van der Waals surface area contributed by atoms with E-state index in [0.29, 0.717) is 5.56 Å². The Kier molecular flexibility index (Phi) is 5.82. The lowest BCUT2D eigenvalue weighted by Crippen LogP contribution is -2.47. The number of methoxy groups -OCH3 is 1.